The van der Waals surface area contributed by atoms with E-state index in [0.717, 1.165) is 17.0 Å². The molecule has 0 spiro atoms. The van der Waals surface area contributed by atoms with Crippen molar-refractivity contribution in [1.82, 2.24) is 19.6 Å². The number of carbonyl (C=O) groups excluding carboxylic acids is 1. The van der Waals surface area contributed by atoms with E-state index in [-0.39, 0.29) is 12.3 Å². The second kappa shape index (κ2) is 9.13. The molecular weight excluding hydrogens is 390 g/mol. The topological polar surface area (TPSA) is 90.6 Å². The zero-order valence-corrected chi connectivity index (χ0v) is 18.1. The van der Waals surface area contributed by atoms with Gasteiger partial charge in [0.05, 0.1) is 19.6 Å². The molecule has 0 saturated carbocycles. The Morgan fingerprint density at radius 3 is 2.55 bits per heavy atom. The van der Waals surface area contributed by atoms with Crippen molar-refractivity contribution in [2.45, 2.75) is 39.3 Å². The number of aryl methyl sites for hydroxylation is 2. The van der Waals surface area contributed by atoms with Crippen molar-refractivity contribution in [3.63, 3.8) is 0 Å². The van der Waals surface area contributed by atoms with Crippen LogP contribution in [0.4, 0.5) is 5.69 Å². The van der Waals surface area contributed by atoms with E-state index in [1.807, 2.05) is 34.0 Å². The summed E-state index contributed by atoms with van der Waals surface area (Å²) in [6.45, 7) is 8.68. The van der Waals surface area contributed by atoms with E-state index in [2.05, 4.69) is 20.4 Å². The van der Waals surface area contributed by atoms with E-state index in [4.69, 9.17) is 9.47 Å². The zero-order chi connectivity index (χ0) is 21.0. The predicted octanol–water partition coefficient (Wildman–Crippen LogP) is 3.44. The number of benzene rings is 1. The molecule has 1 amide bonds. The van der Waals surface area contributed by atoms with Gasteiger partial charge >= 0.3 is 0 Å². The number of nitrogens with one attached hydrogen (secondary N) is 1. The number of amides is 1. The van der Waals surface area contributed by atoms with Crippen LogP contribution in [0, 0.1) is 13.8 Å². The molecule has 9 heteroatoms. The van der Waals surface area contributed by atoms with Gasteiger partial charge in [0.15, 0.2) is 11.5 Å². The van der Waals surface area contributed by atoms with E-state index >= 15 is 0 Å². The third kappa shape index (κ3) is 4.61. The fourth-order valence-electron chi connectivity index (χ4n) is 3.03. The van der Waals surface area contributed by atoms with Crippen molar-refractivity contribution < 1.29 is 14.3 Å². The number of hydrogen-bond acceptors (Lipinski definition) is 7. The van der Waals surface area contributed by atoms with Gasteiger partial charge in [-0.3, -0.25) is 4.79 Å². The number of fused-ring (bicyclic) bond motifs is 1. The average Bonchev–Trinajstić information content (AvgIpc) is 3.11. The molecule has 0 aliphatic carbocycles. The number of thioether (sulfide) groups is 1. The minimum atomic E-state index is -0.144. The summed E-state index contributed by atoms with van der Waals surface area (Å²) in [6.07, 6.45) is 2.10. The average molecular weight is 416 g/mol. The molecule has 0 aliphatic rings. The van der Waals surface area contributed by atoms with Gasteiger partial charge in [-0.25, -0.2) is 9.50 Å². The minimum absolute atomic E-state index is 0.144. The number of rotatable bonds is 8. The first-order valence-corrected chi connectivity index (χ1v) is 10.7. The van der Waals surface area contributed by atoms with E-state index in [9.17, 15) is 4.79 Å². The Morgan fingerprint density at radius 1 is 1.14 bits per heavy atom. The molecule has 0 saturated heterocycles. The third-order valence-electron chi connectivity index (χ3n) is 4.38. The SMILES string of the molecule is CCOc1ccc(NC(=O)Cc2c(C)nc3nc(SC)nn3c2C)cc1OCC. The predicted molar refractivity (Wildman–Crippen MR) is 113 cm³/mol. The quantitative estimate of drug-likeness (QED) is 0.564. The van der Waals surface area contributed by atoms with Crippen molar-refractivity contribution in [3.8, 4) is 11.5 Å². The Labute approximate surface area is 174 Å². The first-order valence-electron chi connectivity index (χ1n) is 9.43. The molecule has 0 atom stereocenters. The molecule has 0 radical (unpaired) electrons. The molecule has 3 aromatic rings. The third-order valence-corrected chi connectivity index (χ3v) is 4.91. The Morgan fingerprint density at radius 2 is 1.86 bits per heavy atom. The molecule has 0 unspecified atom stereocenters. The largest absolute Gasteiger partial charge is 0.490 e. The van der Waals surface area contributed by atoms with Gasteiger partial charge in [0.1, 0.15) is 0 Å². The molecule has 29 heavy (non-hydrogen) atoms. The highest BCUT2D eigenvalue weighted by atomic mass is 32.2. The Kier molecular flexibility index (Phi) is 6.58. The molecule has 0 fully saturated rings. The molecule has 0 bridgehead atoms. The molecule has 2 aromatic heterocycles. The maximum absolute atomic E-state index is 12.7. The monoisotopic (exact) mass is 415 g/mol. The minimum Gasteiger partial charge on any atom is -0.490 e. The summed E-state index contributed by atoms with van der Waals surface area (Å²) in [5.74, 6) is 1.66. The lowest BCUT2D eigenvalue weighted by atomic mass is 10.1. The van der Waals surface area contributed by atoms with Crippen molar-refractivity contribution >= 4 is 29.1 Å². The van der Waals surface area contributed by atoms with Crippen LogP contribution in [0.2, 0.25) is 0 Å². The number of hydrogen-bond donors (Lipinski definition) is 1. The Balaban J connectivity index is 1.81. The highest BCUT2D eigenvalue weighted by molar-refractivity contribution is 7.98. The number of anilines is 1. The van der Waals surface area contributed by atoms with Crippen LogP contribution in [0.1, 0.15) is 30.8 Å². The van der Waals surface area contributed by atoms with Crippen LogP contribution < -0.4 is 14.8 Å². The molecule has 154 valence electrons. The summed E-state index contributed by atoms with van der Waals surface area (Å²) < 4.78 is 12.9. The zero-order valence-electron chi connectivity index (χ0n) is 17.3. The maximum atomic E-state index is 12.7. The van der Waals surface area contributed by atoms with Gasteiger partial charge in [0.25, 0.3) is 5.78 Å². The number of carbonyl (C=O) groups is 1. The van der Waals surface area contributed by atoms with Crippen LogP contribution in [0.25, 0.3) is 5.78 Å². The van der Waals surface area contributed by atoms with Crippen LogP contribution in [0.15, 0.2) is 23.4 Å². The Bertz CT molecular complexity index is 1030. The van der Waals surface area contributed by atoms with Crippen LogP contribution in [-0.4, -0.2) is 45.0 Å². The van der Waals surface area contributed by atoms with Crippen LogP contribution in [0.3, 0.4) is 0 Å². The van der Waals surface area contributed by atoms with Gasteiger partial charge in [-0.15, -0.1) is 5.10 Å². The van der Waals surface area contributed by atoms with Crippen molar-refractivity contribution in [2.75, 3.05) is 24.8 Å². The van der Waals surface area contributed by atoms with Gasteiger partial charge < -0.3 is 14.8 Å². The highest BCUT2D eigenvalue weighted by Crippen LogP contribution is 2.30. The van der Waals surface area contributed by atoms with Gasteiger partial charge in [-0.05, 0) is 46.1 Å². The van der Waals surface area contributed by atoms with Crippen molar-refractivity contribution in [3.05, 3.63) is 35.2 Å². The second-order valence-electron chi connectivity index (χ2n) is 6.32. The lowest BCUT2D eigenvalue weighted by molar-refractivity contribution is -0.115. The summed E-state index contributed by atoms with van der Waals surface area (Å²) in [7, 11) is 0. The number of ether oxygens (including phenoxy) is 2. The molecule has 1 N–H and O–H groups in total. The van der Waals surface area contributed by atoms with Gasteiger partial charge in [0, 0.05) is 28.7 Å². The first-order chi connectivity index (χ1) is 14.0. The normalized spacial score (nSPS) is 10.9. The standard InChI is InChI=1S/C20H25N5O3S/c1-6-27-16-9-8-14(10-17(16)28-7-2)22-18(26)11-15-12(3)21-19-23-20(29-5)24-25(19)13(15)4/h8-10H,6-7,11H2,1-5H3,(H,22,26). The van der Waals surface area contributed by atoms with Gasteiger partial charge in [-0.2, -0.15) is 4.98 Å². The van der Waals surface area contributed by atoms with Gasteiger partial charge in [0.2, 0.25) is 11.1 Å². The van der Waals surface area contributed by atoms with Crippen LogP contribution >= 0.6 is 11.8 Å². The van der Waals surface area contributed by atoms with E-state index in [1.165, 1.54) is 11.8 Å². The lowest BCUT2D eigenvalue weighted by Gasteiger charge is -2.14. The van der Waals surface area contributed by atoms with E-state index in [0.29, 0.717) is 41.3 Å². The number of aromatic nitrogens is 4. The molecule has 1 aromatic carbocycles. The molecule has 3 rings (SSSR count). The van der Waals surface area contributed by atoms with Crippen molar-refractivity contribution in [2.24, 2.45) is 0 Å². The summed E-state index contributed by atoms with van der Waals surface area (Å²) in [5.41, 5.74) is 3.12. The first kappa shape index (κ1) is 20.9. The molecule has 2 heterocycles. The second-order valence-corrected chi connectivity index (χ2v) is 7.10. The molecule has 8 nitrogen and oxygen atoms in total. The molecule has 0 aliphatic heterocycles. The Hall–Kier alpha value is -2.81. The highest BCUT2D eigenvalue weighted by Gasteiger charge is 2.16. The van der Waals surface area contributed by atoms with Gasteiger partial charge in [-0.1, -0.05) is 11.8 Å². The summed E-state index contributed by atoms with van der Waals surface area (Å²) in [4.78, 5) is 21.6. The van der Waals surface area contributed by atoms with E-state index < -0.39 is 0 Å². The lowest BCUT2D eigenvalue weighted by Crippen LogP contribution is -2.18. The summed E-state index contributed by atoms with van der Waals surface area (Å²) >= 11 is 1.46. The van der Waals surface area contributed by atoms with Crippen LogP contribution in [-0.2, 0) is 11.2 Å². The summed E-state index contributed by atoms with van der Waals surface area (Å²) in [6, 6.07) is 5.37. The summed E-state index contributed by atoms with van der Waals surface area (Å²) in [5, 5.41) is 8.00. The van der Waals surface area contributed by atoms with E-state index in [1.54, 1.807) is 22.7 Å². The van der Waals surface area contributed by atoms with Crippen LogP contribution in [0.5, 0.6) is 11.5 Å². The number of nitrogens with zero attached hydrogens (tertiary/aromatic N) is 4. The molecular formula is C20H25N5O3S. The van der Waals surface area contributed by atoms with Crippen molar-refractivity contribution in [1.29, 1.82) is 0 Å². The fourth-order valence-corrected chi connectivity index (χ4v) is 3.36. The fraction of sp³-hybridized carbons (Fsp3) is 0.400. The smallest absolute Gasteiger partial charge is 0.253 e. The maximum Gasteiger partial charge on any atom is 0.253 e.